The Bertz CT molecular complexity index is 358. The van der Waals surface area contributed by atoms with Crippen LogP contribution in [0.25, 0.3) is 0 Å². The molecule has 0 spiro atoms. The van der Waals surface area contributed by atoms with E-state index in [0.717, 1.165) is 5.57 Å². The number of rotatable bonds is 7. The molecule has 0 heterocycles. The minimum absolute atomic E-state index is 0.223. The summed E-state index contributed by atoms with van der Waals surface area (Å²) in [6.07, 6.45) is 3.83. The molecule has 5 nitrogen and oxygen atoms in total. The normalized spacial score (nSPS) is 14.3. The number of nitrogens with one attached hydrogen (secondary N) is 1. The van der Waals surface area contributed by atoms with Crippen LogP contribution >= 0.6 is 0 Å². The number of carbonyl (C=O) groups excluding carboxylic acids is 2. The third kappa shape index (κ3) is 5.45. The van der Waals surface area contributed by atoms with E-state index < -0.39 is 24.0 Å². The van der Waals surface area contributed by atoms with Gasteiger partial charge in [-0.1, -0.05) is 31.4 Å². The Morgan fingerprint density at radius 2 is 2.06 bits per heavy atom. The molecule has 2 unspecified atom stereocenters. The molecule has 5 heteroatoms. The molecule has 100 valence electrons. The molecule has 0 aliphatic carbocycles. The quantitative estimate of drug-likeness (QED) is 0.517. The summed E-state index contributed by atoms with van der Waals surface area (Å²) >= 11 is 0. The van der Waals surface area contributed by atoms with Crippen LogP contribution in [0.3, 0.4) is 0 Å². The summed E-state index contributed by atoms with van der Waals surface area (Å²) in [5, 5.41) is 11.5. The van der Waals surface area contributed by atoms with Crippen LogP contribution < -0.4 is 5.32 Å². The molecule has 0 aromatic heterocycles. The van der Waals surface area contributed by atoms with Crippen LogP contribution in [-0.4, -0.2) is 36.2 Å². The summed E-state index contributed by atoms with van der Waals surface area (Å²) in [6.45, 7) is 8.46. The highest BCUT2D eigenvalue weighted by Crippen LogP contribution is 2.09. The summed E-state index contributed by atoms with van der Waals surface area (Å²) in [6, 6.07) is -0.860. The maximum absolute atomic E-state index is 11.5. The molecule has 0 fully saturated rings. The zero-order chi connectivity index (χ0) is 14.1. The van der Waals surface area contributed by atoms with Gasteiger partial charge in [0.15, 0.2) is 0 Å². The fourth-order valence-corrected chi connectivity index (χ4v) is 1.23. The Hall–Kier alpha value is -1.88. The van der Waals surface area contributed by atoms with E-state index in [1.54, 1.807) is 18.2 Å². The zero-order valence-electron chi connectivity index (χ0n) is 10.7. The summed E-state index contributed by atoms with van der Waals surface area (Å²) in [7, 11) is 1.23. The lowest BCUT2D eigenvalue weighted by Crippen LogP contribution is -2.45. The number of amides is 1. The smallest absolute Gasteiger partial charge is 0.328 e. The van der Waals surface area contributed by atoms with E-state index in [1.165, 1.54) is 14.0 Å². The van der Waals surface area contributed by atoms with E-state index in [9.17, 15) is 9.59 Å². The average Bonchev–Trinajstić information content (AvgIpc) is 2.35. The van der Waals surface area contributed by atoms with Gasteiger partial charge < -0.3 is 15.2 Å². The first-order valence-corrected chi connectivity index (χ1v) is 5.46. The first-order valence-electron chi connectivity index (χ1n) is 5.46. The van der Waals surface area contributed by atoms with Gasteiger partial charge in [-0.15, -0.1) is 0 Å². The summed E-state index contributed by atoms with van der Waals surface area (Å²) in [4.78, 5) is 22.9. The lowest BCUT2D eigenvalue weighted by molar-refractivity contribution is -0.146. The summed E-state index contributed by atoms with van der Waals surface area (Å²) in [5.74, 6) is -1.21. The molecule has 0 aromatic rings. The van der Waals surface area contributed by atoms with E-state index in [1.807, 2.05) is 0 Å². The number of methoxy groups -OCH3 is 1. The lowest BCUT2D eigenvalue weighted by atomic mass is 10.1. The SMILES string of the molecule is C=C/C=C(\C=C)CC(NC(=O)C(C)O)C(=O)OC. The highest BCUT2D eigenvalue weighted by atomic mass is 16.5. The zero-order valence-corrected chi connectivity index (χ0v) is 10.7. The Labute approximate surface area is 107 Å². The predicted octanol–water partition coefficient (Wildman–Crippen LogP) is 0.713. The summed E-state index contributed by atoms with van der Waals surface area (Å²) in [5.41, 5.74) is 0.728. The average molecular weight is 253 g/mol. The molecule has 0 aliphatic rings. The van der Waals surface area contributed by atoms with Gasteiger partial charge in [-0.05, 0) is 12.5 Å². The van der Waals surface area contributed by atoms with Crippen molar-refractivity contribution in [3.63, 3.8) is 0 Å². The minimum Gasteiger partial charge on any atom is -0.467 e. The second kappa shape index (κ2) is 8.25. The van der Waals surface area contributed by atoms with Gasteiger partial charge in [-0.25, -0.2) is 4.79 Å². The van der Waals surface area contributed by atoms with Gasteiger partial charge in [0, 0.05) is 6.42 Å². The van der Waals surface area contributed by atoms with E-state index in [-0.39, 0.29) is 6.42 Å². The number of esters is 1. The third-order valence-corrected chi connectivity index (χ3v) is 2.22. The van der Waals surface area contributed by atoms with Gasteiger partial charge in [-0.2, -0.15) is 0 Å². The molecule has 0 bridgehead atoms. The molecule has 18 heavy (non-hydrogen) atoms. The van der Waals surface area contributed by atoms with Crippen LogP contribution in [-0.2, 0) is 14.3 Å². The van der Waals surface area contributed by atoms with Crippen molar-refractivity contribution in [3.8, 4) is 0 Å². The molecule has 2 atom stereocenters. The molecule has 0 rings (SSSR count). The second-order valence-electron chi connectivity index (χ2n) is 3.65. The highest BCUT2D eigenvalue weighted by molar-refractivity contribution is 5.86. The Morgan fingerprint density at radius 3 is 2.44 bits per heavy atom. The first kappa shape index (κ1) is 16.1. The Kier molecular flexibility index (Phi) is 7.38. The largest absolute Gasteiger partial charge is 0.467 e. The van der Waals surface area contributed by atoms with Gasteiger partial charge >= 0.3 is 5.97 Å². The number of aliphatic hydroxyl groups excluding tert-OH is 1. The molecule has 0 radical (unpaired) electrons. The fraction of sp³-hybridized carbons (Fsp3) is 0.385. The molecular formula is C13H19NO4. The van der Waals surface area contributed by atoms with Crippen molar-refractivity contribution in [2.45, 2.75) is 25.5 Å². The molecule has 0 aromatic carbocycles. The van der Waals surface area contributed by atoms with Crippen LogP contribution in [0, 0.1) is 0 Å². The van der Waals surface area contributed by atoms with Gasteiger partial charge in [-0.3, -0.25) is 4.79 Å². The second-order valence-corrected chi connectivity index (χ2v) is 3.65. The maximum Gasteiger partial charge on any atom is 0.328 e. The summed E-state index contributed by atoms with van der Waals surface area (Å²) < 4.78 is 4.59. The standard InChI is InChI=1S/C13H19NO4/c1-5-7-10(6-2)8-11(13(17)18-4)14-12(16)9(3)15/h5-7,9,11,15H,1-2,8H2,3-4H3,(H,14,16)/b10-7+. The number of hydrogen-bond acceptors (Lipinski definition) is 4. The Morgan fingerprint density at radius 1 is 1.44 bits per heavy atom. The van der Waals surface area contributed by atoms with E-state index in [2.05, 4.69) is 23.2 Å². The van der Waals surface area contributed by atoms with Gasteiger partial charge in [0.05, 0.1) is 7.11 Å². The van der Waals surface area contributed by atoms with Crippen LogP contribution in [0.4, 0.5) is 0 Å². The predicted molar refractivity (Wildman–Crippen MR) is 68.7 cm³/mol. The van der Waals surface area contributed by atoms with Crippen LogP contribution in [0.2, 0.25) is 0 Å². The van der Waals surface area contributed by atoms with Crippen molar-refractivity contribution in [1.82, 2.24) is 5.32 Å². The van der Waals surface area contributed by atoms with Crippen molar-refractivity contribution in [2.24, 2.45) is 0 Å². The molecule has 0 aliphatic heterocycles. The van der Waals surface area contributed by atoms with Crippen LogP contribution in [0.15, 0.2) is 37.0 Å². The molecule has 0 saturated carbocycles. The van der Waals surface area contributed by atoms with Crippen LogP contribution in [0.1, 0.15) is 13.3 Å². The van der Waals surface area contributed by atoms with Crippen molar-refractivity contribution >= 4 is 11.9 Å². The van der Waals surface area contributed by atoms with Crippen LogP contribution in [0.5, 0.6) is 0 Å². The topological polar surface area (TPSA) is 75.6 Å². The fourth-order valence-electron chi connectivity index (χ4n) is 1.23. The number of ether oxygens (including phenoxy) is 1. The molecular weight excluding hydrogens is 234 g/mol. The van der Waals surface area contributed by atoms with Gasteiger partial charge in [0.1, 0.15) is 12.1 Å². The third-order valence-electron chi connectivity index (χ3n) is 2.22. The van der Waals surface area contributed by atoms with Crippen molar-refractivity contribution in [3.05, 3.63) is 37.0 Å². The number of allylic oxidation sites excluding steroid dienone is 3. The number of aliphatic hydroxyl groups is 1. The van der Waals surface area contributed by atoms with Crippen molar-refractivity contribution in [1.29, 1.82) is 0 Å². The molecule has 2 N–H and O–H groups in total. The molecule has 1 amide bonds. The van der Waals surface area contributed by atoms with Crippen molar-refractivity contribution in [2.75, 3.05) is 7.11 Å². The maximum atomic E-state index is 11.5. The van der Waals surface area contributed by atoms with Crippen molar-refractivity contribution < 1.29 is 19.4 Å². The minimum atomic E-state index is -1.19. The monoisotopic (exact) mass is 253 g/mol. The molecule has 0 saturated heterocycles. The number of hydrogen-bond donors (Lipinski definition) is 2. The van der Waals surface area contributed by atoms with E-state index >= 15 is 0 Å². The first-order chi connectivity index (χ1) is 8.46. The highest BCUT2D eigenvalue weighted by Gasteiger charge is 2.23. The van der Waals surface area contributed by atoms with E-state index in [0.29, 0.717) is 0 Å². The Balaban J connectivity index is 4.84. The number of carbonyl (C=O) groups is 2. The van der Waals surface area contributed by atoms with Gasteiger partial charge in [0.2, 0.25) is 5.91 Å². The lowest BCUT2D eigenvalue weighted by Gasteiger charge is -2.17. The van der Waals surface area contributed by atoms with E-state index in [4.69, 9.17) is 5.11 Å². The van der Waals surface area contributed by atoms with Gasteiger partial charge in [0.25, 0.3) is 0 Å².